The van der Waals surface area contributed by atoms with Crippen LogP contribution in [0.5, 0.6) is 0 Å². The predicted molar refractivity (Wildman–Crippen MR) is 63.5 cm³/mol. The number of aliphatic hydroxyl groups is 1. The summed E-state index contributed by atoms with van der Waals surface area (Å²) in [5.74, 6) is 0. The first-order chi connectivity index (χ1) is 7.56. The van der Waals surface area contributed by atoms with Crippen molar-refractivity contribution in [2.45, 2.75) is 23.1 Å². The van der Waals surface area contributed by atoms with Gasteiger partial charge in [0.25, 0.3) is 5.69 Å². The first-order valence-corrected chi connectivity index (χ1v) is 5.70. The van der Waals surface area contributed by atoms with E-state index in [4.69, 9.17) is 10.8 Å². The molecule has 1 aromatic carbocycles. The summed E-state index contributed by atoms with van der Waals surface area (Å²) in [6, 6.07) is 6.22. The molecule has 0 aromatic heterocycles. The lowest BCUT2D eigenvalue weighted by atomic mass is 10.3. The lowest BCUT2D eigenvalue weighted by molar-refractivity contribution is -0.387. The molecule has 1 rings (SSSR count). The number of hydrogen-bond donors (Lipinski definition) is 2. The number of nitrogens with two attached hydrogens (primary N) is 1. The number of nitro groups is 1. The smallest absolute Gasteiger partial charge is 0.282 e. The highest BCUT2D eigenvalue weighted by atomic mass is 32.2. The zero-order chi connectivity index (χ0) is 12.1. The molecule has 0 amide bonds. The summed E-state index contributed by atoms with van der Waals surface area (Å²) in [6.45, 7) is 1.66. The molecular formula is C10H14N2O3S. The molecule has 0 fully saturated rings. The fourth-order valence-electron chi connectivity index (χ4n) is 1.18. The third kappa shape index (κ3) is 3.19. The summed E-state index contributed by atoms with van der Waals surface area (Å²) in [5.41, 5.74) is 5.72. The van der Waals surface area contributed by atoms with Gasteiger partial charge in [0.2, 0.25) is 0 Å². The van der Waals surface area contributed by atoms with E-state index in [-0.39, 0.29) is 23.6 Å². The fraction of sp³-hybridized carbons (Fsp3) is 0.400. The maximum atomic E-state index is 10.8. The molecule has 0 bridgehead atoms. The van der Waals surface area contributed by atoms with E-state index in [1.165, 1.54) is 17.8 Å². The minimum absolute atomic E-state index is 0.0478. The molecule has 0 aliphatic heterocycles. The monoisotopic (exact) mass is 242 g/mol. The van der Waals surface area contributed by atoms with Crippen molar-refractivity contribution in [3.8, 4) is 0 Å². The third-order valence-electron chi connectivity index (χ3n) is 2.11. The second-order valence-corrected chi connectivity index (χ2v) is 4.70. The molecular weight excluding hydrogens is 228 g/mol. The zero-order valence-corrected chi connectivity index (χ0v) is 9.68. The van der Waals surface area contributed by atoms with Crippen LogP contribution in [0, 0.1) is 10.1 Å². The van der Waals surface area contributed by atoms with Crippen molar-refractivity contribution in [3.05, 3.63) is 34.4 Å². The van der Waals surface area contributed by atoms with E-state index in [0.29, 0.717) is 4.90 Å². The predicted octanol–water partition coefficient (Wildman–Crippen LogP) is 1.40. The van der Waals surface area contributed by atoms with Crippen molar-refractivity contribution in [2.75, 3.05) is 6.61 Å². The molecule has 16 heavy (non-hydrogen) atoms. The van der Waals surface area contributed by atoms with Gasteiger partial charge >= 0.3 is 0 Å². The van der Waals surface area contributed by atoms with Crippen LogP contribution < -0.4 is 5.73 Å². The van der Waals surface area contributed by atoms with Gasteiger partial charge in [-0.05, 0) is 13.0 Å². The molecule has 1 aromatic rings. The Morgan fingerprint density at radius 3 is 2.69 bits per heavy atom. The van der Waals surface area contributed by atoms with Crippen LogP contribution in [-0.2, 0) is 0 Å². The van der Waals surface area contributed by atoms with Gasteiger partial charge in [-0.1, -0.05) is 12.1 Å². The van der Waals surface area contributed by atoms with E-state index in [1.54, 1.807) is 25.1 Å². The number of rotatable bonds is 5. The third-order valence-corrected chi connectivity index (χ3v) is 3.59. The number of para-hydroxylation sites is 1. The quantitative estimate of drug-likeness (QED) is 0.462. The van der Waals surface area contributed by atoms with Crippen LogP contribution in [0.3, 0.4) is 0 Å². The average molecular weight is 242 g/mol. The lowest BCUT2D eigenvalue weighted by Gasteiger charge is -2.17. The number of hydrogen-bond acceptors (Lipinski definition) is 5. The fourth-order valence-corrected chi connectivity index (χ4v) is 2.22. The summed E-state index contributed by atoms with van der Waals surface area (Å²) in [6.07, 6.45) is 0. The van der Waals surface area contributed by atoms with E-state index in [1.807, 2.05) is 0 Å². The summed E-state index contributed by atoms with van der Waals surface area (Å²) in [7, 11) is 0. The van der Waals surface area contributed by atoms with Crippen LogP contribution in [0.1, 0.15) is 6.92 Å². The number of thioether (sulfide) groups is 1. The Bertz CT molecular complexity index is 371. The van der Waals surface area contributed by atoms with Crippen molar-refractivity contribution in [3.63, 3.8) is 0 Å². The van der Waals surface area contributed by atoms with Gasteiger partial charge in [0, 0.05) is 17.4 Å². The number of nitro benzene ring substituents is 1. The summed E-state index contributed by atoms with van der Waals surface area (Å²) in [4.78, 5) is 10.9. The normalized spacial score (nSPS) is 14.4. The largest absolute Gasteiger partial charge is 0.395 e. The van der Waals surface area contributed by atoms with E-state index in [9.17, 15) is 10.1 Å². The number of aliphatic hydroxyl groups excluding tert-OH is 1. The van der Waals surface area contributed by atoms with Crippen LogP contribution in [0.25, 0.3) is 0 Å². The Kier molecular flexibility index (Phi) is 4.72. The zero-order valence-electron chi connectivity index (χ0n) is 8.87. The molecule has 5 nitrogen and oxygen atoms in total. The second-order valence-electron chi connectivity index (χ2n) is 3.42. The van der Waals surface area contributed by atoms with Gasteiger partial charge in [0.1, 0.15) is 0 Å². The van der Waals surface area contributed by atoms with Crippen molar-refractivity contribution >= 4 is 17.4 Å². The Morgan fingerprint density at radius 2 is 2.19 bits per heavy atom. The highest BCUT2D eigenvalue weighted by Gasteiger charge is 2.20. The van der Waals surface area contributed by atoms with Crippen LogP contribution >= 0.6 is 11.8 Å². The molecule has 0 spiro atoms. The Morgan fingerprint density at radius 1 is 1.56 bits per heavy atom. The standard InChI is InChI=1S/C10H14N2O3S/c1-7(11)10(6-13)16-9-5-3-2-4-8(9)12(14)15/h2-5,7,10,13H,6,11H2,1H3. The molecule has 3 N–H and O–H groups in total. The topological polar surface area (TPSA) is 89.4 Å². The molecule has 0 saturated heterocycles. The van der Waals surface area contributed by atoms with Gasteiger partial charge in [-0.15, -0.1) is 11.8 Å². The Labute approximate surface area is 97.8 Å². The number of benzene rings is 1. The highest BCUT2D eigenvalue weighted by Crippen LogP contribution is 2.32. The molecule has 0 aliphatic carbocycles. The van der Waals surface area contributed by atoms with Crippen LogP contribution in [0.2, 0.25) is 0 Å². The van der Waals surface area contributed by atoms with Gasteiger partial charge in [-0.3, -0.25) is 10.1 Å². The van der Waals surface area contributed by atoms with Crippen LogP contribution in [0.15, 0.2) is 29.2 Å². The van der Waals surface area contributed by atoms with E-state index in [2.05, 4.69) is 0 Å². The minimum atomic E-state index is -0.433. The van der Waals surface area contributed by atoms with Gasteiger partial charge < -0.3 is 10.8 Å². The van der Waals surface area contributed by atoms with Gasteiger partial charge in [-0.2, -0.15) is 0 Å². The van der Waals surface area contributed by atoms with Gasteiger partial charge in [0.15, 0.2) is 0 Å². The number of nitrogens with zero attached hydrogens (tertiary/aromatic N) is 1. The summed E-state index contributed by atoms with van der Waals surface area (Å²) < 4.78 is 0. The molecule has 0 aliphatic rings. The second kappa shape index (κ2) is 5.83. The molecule has 2 atom stereocenters. The van der Waals surface area contributed by atoms with E-state index >= 15 is 0 Å². The molecule has 0 heterocycles. The van der Waals surface area contributed by atoms with Crippen molar-refractivity contribution in [1.82, 2.24) is 0 Å². The Balaban J connectivity index is 2.91. The van der Waals surface area contributed by atoms with E-state index < -0.39 is 4.92 Å². The molecule has 0 saturated carbocycles. The maximum absolute atomic E-state index is 10.8. The molecule has 0 radical (unpaired) electrons. The molecule has 2 unspecified atom stereocenters. The SMILES string of the molecule is CC(N)C(CO)Sc1ccccc1[N+](=O)[O-]. The Hall–Kier alpha value is -1.11. The minimum Gasteiger partial charge on any atom is -0.395 e. The first-order valence-electron chi connectivity index (χ1n) is 4.82. The summed E-state index contributed by atoms with van der Waals surface area (Å²) in [5, 5.41) is 19.6. The van der Waals surface area contributed by atoms with Crippen LogP contribution in [0.4, 0.5) is 5.69 Å². The highest BCUT2D eigenvalue weighted by molar-refractivity contribution is 8.00. The molecule has 6 heteroatoms. The summed E-state index contributed by atoms with van der Waals surface area (Å²) >= 11 is 1.24. The maximum Gasteiger partial charge on any atom is 0.282 e. The lowest BCUT2D eigenvalue weighted by Crippen LogP contribution is -2.31. The van der Waals surface area contributed by atoms with E-state index in [0.717, 1.165) is 0 Å². The van der Waals surface area contributed by atoms with Gasteiger partial charge in [-0.25, -0.2) is 0 Å². The first kappa shape index (κ1) is 13.0. The van der Waals surface area contributed by atoms with Crippen molar-refractivity contribution in [2.24, 2.45) is 5.73 Å². The van der Waals surface area contributed by atoms with Crippen LogP contribution in [-0.4, -0.2) is 27.9 Å². The average Bonchev–Trinajstić information content (AvgIpc) is 2.25. The van der Waals surface area contributed by atoms with Crippen molar-refractivity contribution in [1.29, 1.82) is 0 Å². The van der Waals surface area contributed by atoms with Gasteiger partial charge in [0.05, 0.1) is 16.4 Å². The molecule has 88 valence electrons. The van der Waals surface area contributed by atoms with Crippen molar-refractivity contribution < 1.29 is 10.0 Å².